The number of nitriles is 1. The predicted octanol–water partition coefficient (Wildman–Crippen LogP) is 4.22. The van der Waals surface area contributed by atoms with E-state index in [2.05, 4.69) is 6.07 Å². The van der Waals surface area contributed by atoms with Crippen LogP contribution in [-0.2, 0) is 4.79 Å². The third-order valence-corrected chi connectivity index (χ3v) is 4.47. The summed E-state index contributed by atoms with van der Waals surface area (Å²) in [6.45, 7) is 5.93. The summed E-state index contributed by atoms with van der Waals surface area (Å²) in [5.41, 5.74) is 3.51. The van der Waals surface area contributed by atoms with Crippen LogP contribution in [0, 0.1) is 25.2 Å². The summed E-state index contributed by atoms with van der Waals surface area (Å²) in [4.78, 5) is 26.0. The first-order valence-electron chi connectivity index (χ1n) is 8.97. The average Bonchev–Trinajstić information content (AvgIpc) is 2.69. The van der Waals surface area contributed by atoms with Crippen molar-refractivity contribution in [2.24, 2.45) is 0 Å². The number of carbonyl (C=O) groups excluding carboxylic acids is 2. The van der Waals surface area contributed by atoms with Gasteiger partial charge in [0.15, 0.2) is 12.4 Å². The van der Waals surface area contributed by atoms with E-state index in [-0.39, 0.29) is 24.7 Å². The maximum absolute atomic E-state index is 12.7. The van der Waals surface area contributed by atoms with Gasteiger partial charge in [-0.1, -0.05) is 19.1 Å². The molecular weight excluding hydrogens is 340 g/mol. The molecule has 2 aromatic rings. The first-order valence-corrected chi connectivity index (χ1v) is 8.97. The summed E-state index contributed by atoms with van der Waals surface area (Å²) in [5, 5.41) is 8.92. The highest BCUT2D eigenvalue weighted by Crippen LogP contribution is 2.23. The molecule has 0 unspecified atom stereocenters. The minimum absolute atomic E-state index is 0.0650. The molecule has 0 radical (unpaired) electrons. The van der Waals surface area contributed by atoms with Crippen LogP contribution in [0.1, 0.15) is 41.3 Å². The van der Waals surface area contributed by atoms with Crippen molar-refractivity contribution in [1.29, 1.82) is 5.26 Å². The lowest BCUT2D eigenvalue weighted by molar-refractivity contribution is -0.120. The summed E-state index contributed by atoms with van der Waals surface area (Å²) >= 11 is 0. The van der Waals surface area contributed by atoms with Crippen LogP contribution in [0.3, 0.4) is 0 Å². The van der Waals surface area contributed by atoms with Crippen molar-refractivity contribution in [2.45, 2.75) is 33.6 Å². The molecule has 0 spiro atoms. The fourth-order valence-electron chi connectivity index (χ4n) is 2.73. The molecule has 0 N–H and O–H groups in total. The topological polar surface area (TPSA) is 70.4 Å². The fraction of sp³-hybridized carbons (Fsp3) is 0.318. The number of aryl methyl sites for hydroxylation is 1. The molecule has 0 heterocycles. The summed E-state index contributed by atoms with van der Waals surface area (Å²) in [5.74, 6) is 0.375. The molecule has 0 fully saturated rings. The fourth-order valence-corrected chi connectivity index (χ4v) is 2.73. The van der Waals surface area contributed by atoms with Crippen LogP contribution in [0.5, 0.6) is 5.75 Å². The van der Waals surface area contributed by atoms with Crippen LogP contribution in [0.4, 0.5) is 5.69 Å². The molecule has 27 heavy (non-hydrogen) atoms. The van der Waals surface area contributed by atoms with E-state index in [4.69, 9.17) is 10.00 Å². The Hall–Kier alpha value is -3.13. The Balaban J connectivity index is 2.11. The zero-order valence-electron chi connectivity index (χ0n) is 16.0. The van der Waals surface area contributed by atoms with Crippen LogP contribution in [0.25, 0.3) is 0 Å². The molecule has 0 saturated carbocycles. The zero-order valence-corrected chi connectivity index (χ0v) is 16.0. The molecule has 0 aliphatic carbocycles. The van der Waals surface area contributed by atoms with Crippen LogP contribution in [0.15, 0.2) is 42.5 Å². The van der Waals surface area contributed by atoms with E-state index in [1.165, 1.54) is 0 Å². The second kappa shape index (κ2) is 9.54. The van der Waals surface area contributed by atoms with Gasteiger partial charge in [-0.15, -0.1) is 0 Å². The van der Waals surface area contributed by atoms with E-state index >= 15 is 0 Å². The number of rotatable bonds is 8. The van der Waals surface area contributed by atoms with Crippen LogP contribution in [-0.4, -0.2) is 24.8 Å². The largest absolute Gasteiger partial charge is 0.484 e. The minimum Gasteiger partial charge on any atom is -0.484 e. The SMILES string of the molecule is CCC(=O)c1ccc(OCC(=O)N(CCC#N)c2cccc(C)c2C)cc1. The quantitative estimate of drug-likeness (QED) is 0.658. The first-order chi connectivity index (χ1) is 13.0. The number of benzene rings is 2. The van der Waals surface area contributed by atoms with Crippen LogP contribution < -0.4 is 9.64 Å². The summed E-state index contributed by atoms with van der Waals surface area (Å²) in [6.07, 6.45) is 0.690. The van der Waals surface area contributed by atoms with Crippen molar-refractivity contribution in [3.8, 4) is 11.8 Å². The Labute approximate surface area is 160 Å². The number of hydrogen-bond donors (Lipinski definition) is 0. The summed E-state index contributed by atoms with van der Waals surface area (Å²) in [7, 11) is 0. The molecular formula is C22H24N2O3. The number of Topliss-reactive ketones (excluding diaryl/α,β-unsaturated/α-hetero) is 1. The van der Waals surface area contributed by atoms with Gasteiger partial charge in [0.2, 0.25) is 0 Å². The number of amides is 1. The minimum atomic E-state index is -0.215. The third kappa shape index (κ3) is 5.18. The van der Waals surface area contributed by atoms with Gasteiger partial charge in [-0.2, -0.15) is 5.26 Å². The molecule has 5 heteroatoms. The van der Waals surface area contributed by atoms with Crippen molar-refractivity contribution < 1.29 is 14.3 Å². The number of carbonyl (C=O) groups is 2. The maximum Gasteiger partial charge on any atom is 0.264 e. The lowest BCUT2D eigenvalue weighted by Crippen LogP contribution is -2.36. The number of ether oxygens (including phenoxy) is 1. The number of nitrogens with zero attached hydrogens (tertiary/aromatic N) is 2. The predicted molar refractivity (Wildman–Crippen MR) is 105 cm³/mol. The molecule has 0 aromatic heterocycles. The van der Waals surface area contributed by atoms with E-state index in [0.29, 0.717) is 24.3 Å². The first kappa shape index (κ1) is 20.2. The van der Waals surface area contributed by atoms with Crippen molar-refractivity contribution >= 4 is 17.4 Å². The number of ketones is 1. The van der Waals surface area contributed by atoms with Gasteiger partial charge in [0, 0.05) is 24.2 Å². The average molecular weight is 364 g/mol. The highest BCUT2D eigenvalue weighted by molar-refractivity contribution is 5.96. The molecule has 0 atom stereocenters. The van der Waals surface area contributed by atoms with Crippen molar-refractivity contribution in [3.05, 3.63) is 59.2 Å². The molecule has 140 valence electrons. The van der Waals surface area contributed by atoms with E-state index in [1.807, 2.05) is 39.0 Å². The Morgan fingerprint density at radius 2 is 1.81 bits per heavy atom. The molecule has 1 amide bonds. The molecule has 0 aliphatic rings. The van der Waals surface area contributed by atoms with Gasteiger partial charge in [0.05, 0.1) is 12.5 Å². The van der Waals surface area contributed by atoms with E-state index in [0.717, 1.165) is 16.8 Å². The van der Waals surface area contributed by atoms with Crippen molar-refractivity contribution in [2.75, 3.05) is 18.1 Å². The Bertz CT molecular complexity index is 851. The Morgan fingerprint density at radius 3 is 2.44 bits per heavy atom. The molecule has 2 rings (SSSR count). The van der Waals surface area contributed by atoms with Gasteiger partial charge < -0.3 is 9.64 Å². The lowest BCUT2D eigenvalue weighted by atomic mass is 10.1. The Kier molecular flexibility index (Phi) is 7.13. The van der Waals surface area contributed by atoms with Crippen molar-refractivity contribution in [1.82, 2.24) is 0 Å². The third-order valence-electron chi connectivity index (χ3n) is 4.47. The van der Waals surface area contributed by atoms with E-state index in [1.54, 1.807) is 29.2 Å². The molecule has 0 aliphatic heterocycles. The number of anilines is 1. The summed E-state index contributed by atoms with van der Waals surface area (Å²) < 4.78 is 5.60. The molecule has 5 nitrogen and oxygen atoms in total. The maximum atomic E-state index is 12.7. The van der Waals surface area contributed by atoms with Crippen LogP contribution in [0.2, 0.25) is 0 Å². The Morgan fingerprint density at radius 1 is 1.11 bits per heavy atom. The molecule has 0 saturated heterocycles. The smallest absolute Gasteiger partial charge is 0.264 e. The van der Waals surface area contributed by atoms with E-state index < -0.39 is 0 Å². The monoisotopic (exact) mass is 364 g/mol. The number of hydrogen-bond acceptors (Lipinski definition) is 4. The zero-order chi connectivity index (χ0) is 19.8. The standard InChI is InChI=1S/C22H24N2O3/c1-4-21(25)18-9-11-19(12-10-18)27-15-22(26)24(14-6-13-23)20-8-5-7-16(2)17(20)3/h5,7-12H,4,6,14-15H2,1-3H3. The van der Waals surface area contributed by atoms with Gasteiger partial charge in [-0.25, -0.2) is 0 Å². The molecule has 0 bridgehead atoms. The van der Waals surface area contributed by atoms with Gasteiger partial charge in [-0.05, 0) is 55.3 Å². The van der Waals surface area contributed by atoms with Crippen LogP contribution >= 0.6 is 0 Å². The second-order valence-corrected chi connectivity index (χ2v) is 6.26. The normalized spacial score (nSPS) is 10.1. The highest BCUT2D eigenvalue weighted by atomic mass is 16.5. The lowest BCUT2D eigenvalue weighted by Gasteiger charge is -2.24. The van der Waals surface area contributed by atoms with Gasteiger partial charge in [-0.3, -0.25) is 9.59 Å². The van der Waals surface area contributed by atoms with E-state index in [9.17, 15) is 9.59 Å². The summed E-state index contributed by atoms with van der Waals surface area (Å²) in [6, 6.07) is 14.6. The second-order valence-electron chi connectivity index (χ2n) is 6.26. The van der Waals surface area contributed by atoms with Gasteiger partial charge >= 0.3 is 0 Å². The van der Waals surface area contributed by atoms with Crippen molar-refractivity contribution in [3.63, 3.8) is 0 Å². The molecule has 2 aromatic carbocycles. The highest BCUT2D eigenvalue weighted by Gasteiger charge is 2.18. The van der Waals surface area contributed by atoms with Gasteiger partial charge in [0.25, 0.3) is 5.91 Å². The van der Waals surface area contributed by atoms with Gasteiger partial charge in [0.1, 0.15) is 5.75 Å².